The SMILES string of the molecule is COC(=O)[C@@H]1CN(S(=O)(=O)c2ccccc2)CN1C(=O)[C@@H](CC(=O)OC1CCCC1)C(C)(C)C. The lowest BCUT2D eigenvalue weighted by atomic mass is 9.77. The topological polar surface area (TPSA) is 110 Å². The van der Waals surface area contributed by atoms with Crippen molar-refractivity contribution >= 4 is 27.9 Å². The summed E-state index contributed by atoms with van der Waals surface area (Å²) in [5.41, 5.74) is -0.627. The average Bonchev–Trinajstić information content (AvgIpc) is 3.47. The van der Waals surface area contributed by atoms with Crippen molar-refractivity contribution in [1.82, 2.24) is 9.21 Å². The summed E-state index contributed by atoms with van der Waals surface area (Å²) >= 11 is 0. The first-order valence-corrected chi connectivity index (χ1v) is 13.0. The number of ether oxygens (including phenoxy) is 2. The molecule has 9 nitrogen and oxygen atoms in total. The highest BCUT2D eigenvalue weighted by atomic mass is 32.2. The van der Waals surface area contributed by atoms with Gasteiger partial charge in [0.15, 0.2) is 0 Å². The van der Waals surface area contributed by atoms with E-state index in [9.17, 15) is 22.8 Å². The minimum Gasteiger partial charge on any atom is -0.467 e. The van der Waals surface area contributed by atoms with Crippen LogP contribution in [-0.4, -0.2) is 67.9 Å². The highest BCUT2D eigenvalue weighted by molar-refractivity contribution is 7.89. The number of carbonyl (C=O) groups excluding carboxylic acids is 3. The van der Waals surface area contributed by atoms with Crippen molar-refractivity contribution in [3.05, 3.63) is 30.3 Å². The number of hydrogen-bond donors (Lipinski definition) is 0. The van der Waals surface area contributed by atoms with E-state index in [-0.39, 0.29) is 30.6 Å². The van der Waals surface area contributed by atoms with Crippen LogP contribution >= 0.6 is 0 Å². The number of methoxy groups -OCH3 is 1. The number of hydrogen-bond acceptors (Lipinski definition) is 7. The summed E-state index contributed by atoms with van der Waals surface area (Å²) in [5, 5.41) is 0. The minimum atomic E-state index is -3.94. The zero-order chi connectivity index (χ0) is 25.1. The van der Waals surface area contributed by atoms with E-state index in [1.807, 2.05) is 20.8 Å². The molecule has 1 saturated carbocycles. The monoisotopic (exact) mass is 494 g/mol. The maximum absolute atomic E-state index is 13.7. The Bertz CT molecular complexity index is 998. The molecule has 2 fully saturated rings. The molecule has 188 valence electrons. The predicted molar refractivity (Wildman–Crippen MR) is 124 cm³/mol. The van der Waals surface area contributed by atoms with Crippen LogP contribution in [0.3, 0.4) is 0 Å². The predicted octanol–water partition coefficient (Wildman–Crippen LogP) is 2.56. The van der Waals surface area contributed by atoms with Crippen LogP contribution in [0, 0.1) is 11.3 Å². The van der Waals surface area contributed by atoms with Gasteiger partial charge in [0.1, 0.15) is 12.1 Å². The van der Waals surface area contributed by atoms with Crippen molar-refractivity contribution in [2.45, 2.75) is 69.9 Å². The van der Waals surface area contributed by atoms with Gasteiger partial charge in [-0.2, -0.15) is 4.31 Å². The smallest absolute Gasteiger partial charge is 0.330 e. The zero-order valence-corrected chi connectivity index (χ0v) is 21.0. The fourth-order valence-corrected chi connectivity index (χ4v) is 5.88. The minimum absolute atomic E-state index is 0.0698. The van der Waals surface area contributed by atoms with E-state index in [0.29, 0.717) is 0 Å². The van der Waals surface area contributed by atoms with Crippen LogP contribution in [0.1, 0.15) is 52.9 Å². The van der Waals surface area contributed by atoms with Gasteiger partial charge in [0.25, 0.3) is 0 Å². The van der Waals surface area contributed by atoms with Crippen molar-refractivity contribution in [2.75, 3.05) is 20.3 Å². The summed E-state index contributed by atoms with van der Waals surface area (Å²) in [6, 6.07) is 6.74. The molecule has 0 unspecified atom stereocenters. The molecule has 34 heavy (non-hydrogen) atoms. The van der Waals surface area contributed by atoms with Crippen LogP contribution in [0.25, 0.3) is 0 Å². The molecule has 1 saturated heterocycles. The Morgan fingerprint density at radius 2 is 1.71 bits per heavy atom. The van der Waals surface area contributed by atoms with Crippen LogP contribution in [0.5, 0.6) is 0 Å². The Morgan fingerprint density at radius 3 is 2.26 bits per heavy atom. The van der Waals surface area contributed by atoms with Gasteiger partial charge < -0.3 is 14.4 Å². The highest BCUT2D eigenvalue weighted by Gasteiger charge is 2.48. The lowest BCUT2D eigenvalue weighted by Crippen LogP contribution is -2.48. The Balaban J connectivity index is 1.84. The molecular formula is C24H34N2O7S. The summed E-state index contributed by atoms with van der Waals surface area (Å²) in [6.45, 7) is 4.97. The third-order valence-corrected chi connectivity index (χ3v) is 8.33. The molecule has 2 atom stereocenters. The van der Waals surface area contributed by atoms with E-state index in [4.69, 9.17) is 9.47 Å². The molecular weight excluding hydrogens is 460 g/mol. The fourth-order valence-electron chi connectivity index (χ4n) is 4.47. The van der Waals surface area contributed by atoms with Crippen molar-refractivity contribution < 1.29 is 32.3 Å². The number of rotatable bonds is 7. The van der Waals surface area contributed by atoms with E-state index in [1.165, 1.54) is 24.1 Å². The molecule has 1 heterocycles. The molecule has 0 bridgehead atoms. The third-order valence-electron chi connectivity index (χ3n) is 6.51. The number of sulfonamides is 1. The third kappa shape index (κ3) is 5.78. The van der Waals surface area contributed by atoms with E-state index in [0.717, 1.165) is 30.0 Å². The highest BCUT2D eigenvalue weighted by Crippen LogP contribution is 2.34. The van der Waals surface area contributed by atoms with Crippen LogP contribution in [-0.2, 0) is 33.9 Å². The number of esters is 2. The molecule has 2 aliphatic rings. The Morgan fingerprint density at radius 1 is 1.09 bits per heavy atom. The second-order valence-electron chi connectivity index (χ2n) is 9.96. The van der Waals surface area contributed by atoms with E-state index < -0.39 is 45.2 Å². The van der Waals surface area contributed by atoms with Crippen LogP contribution in [0.15, 0.2) is 35.2 Å². The van der Waals surface area contributed by atoms with Gasteiger partial charge in [-0.15, -0.1) is 0 Å². The average molecular weight is 495 g/mol. The molecule has 3 rings (SSSR count). The largest absolute Gasteiger partial charge is 0.467 e. The first kappa shape index (κ1) is 26.2. The van der Waals surface area contributed by atoms with Gasteiger partial charge in [0.05, 0.1) is 31.0 Å². The fraction of sp³-hybridized carbons (Fsp3) is 0.625. The van der Waals surface area contributed by atoms with Crippen molar-refractivity contribution in [2.24, 2.45) is 11.3 Å². The standard InChI is InChI=1S/C24H34N2O7S/c1-24(2,3)19(14-21(27)33-17-10-8-9-11-17)22(28)26-16-25(15-20(26)23(29)32-4)34(30,31)18-12-6-5-7-13-18/h5-7,12-13,17,19-20H,8-11,14-16H2,1-4H3/t19-,20+/m1/s1. The second kappa shape index (κ2) is 10.4. The van der Waals surface area contributed by atoms with E-state index in [2.05, 4.69) is 0 Å². The molecule has 1 aromatic rings. The molecule has 0 N–H and O–H groups in total. The van der Waals surface area contributed by atoms with Crippen LogP contribution in [0.2, 0.25) is 0 Å². The lowest BCUT2D eigenvalue weighted by Gasteiger charge is -2.34. The summed E-state index contributed by atoms with van der Waals surface area (Å²) < 4.78 is 37.9. The van der Waals surface area contributed by atoms with Crippen LogP contribution in [0.4, 0.5) is 0 Å². The van der Waals surface area contributed by atoms with Crippen molar-refractivity contribution in [1.29, 1.82) is 0 Å². The maximum Gasteiger partial charge on any atom is 0.330 e. The van der Waals surface area contributed by atoms with E-state index in [1.54, 1.807) is 18.2 Å². The summed E-state index contributed by atoms with van der Waals surface area (Å²) in [5.74, 6) is -2.44. The van der Waals surface area contributed by atoms with Gasteiger partial charge >= 0.3 is 11.9 Å². The van der Waals surface area contributed by atoms with Crippen LogP contribution < -0.4 is 0 Å². The molecule has 0 spiro atoms. The normalized spacial score (nSPS) is 20.8. The first-order chi connectivity index (χ1) is 15.9. The molecule has 1 aliphatic carbocycles. The molecule has 0 aromatic heterocycles. The maximum atomic E-state index is 13.7. The van der Waals surface area contributed by atoms with Gasteiger partial charge in [-0.1, -0.05) is 39.0 Å². The summed E-state index contributed by atoms with van der Waals surface area (Å²) in [7, 11) is -2.75. The Hall–Kier alpha value is -2.46. The Kier molecular flexibility index (Phi) is 8.02. The number of carbonyl (C=O) groups is 3. The lowest BCUT2D eigenvalue weighted by molar-refractivity contribution is -0.158. The molecule has 10 heteroatoms. The van der Waals surface area contributed by atoms with Gasteiger partial charge in [-0.3, -0.25) is 9.59 Å². The van der Waals surface area contributed by atoms with Crippen molar-refractivity contribution in [3.8, 4) is 0 Å². The number of amides is 1. The summed E-state index contributed by atoms with van der Waals surface area (Å²) in [6.07, 6.45) is 3.41. The van der Waals surface area contributed by atoms with Gasteiger partial charge in [-0.05, 0) is 43.2 Å². The second-order valence-corrected chi connectivity index (χ2v) is 11.9. The number of benzene rings is 1. The molecule has 1 aliphatic heterocycles. The van der Waals surface area contributed by atoms with Crippen molar-refractivity contribution in [3.63, 3.8) is 0 Å². The van der Waals surface area contributed by atoms with Gasteiger partial charge in [0, 0.05) is 6.54 Å². The number of nitrogens with zero attached hydrogens (tertiary/aromatic N) is 2. The summed E-state index contributed by atoms with van der Waals surface area (Å²) in [4.78, 5) is 40.2. The Labute approximate surface area is 201 Å². The van der Waals surface area contributed by atoms with E-state index >= 15 is 0 Å². The quantitative estimate of drug-likeness (QED) is 0.536. The van der Waals surface area contributed by atoms with Gasteiger partial charge in [0.2, 0.25) is 15.9 Å². The molecule has 1 amide bonds. The zero-order valence-electron chi connectivity index (χ0n) is 20.2. The van der Waals surface area contributed by atoms with Gasteiger partial charge in [-0.25, -0.2) is 13.2 Å². The first-order valence-electron chi connectivity index (χ1n) is 11.6. The molecule has 0 radical (unpaired) electrons. The molecule has 1 aromatic carbocycles.